The molecule has 0 unspecified atom stereocenters. The van der Waals surface area contributed by atoms with Gasteiger partial charge < -0.3 is 10.1 Å². The summed E-state index contributed by atoms with van der Waals surface area (Å²) in [6.07, 6.45) is 10.6. The Morgan fingerprint density at radius 2 is 1.81 bits per heavy atom. The molecule has 4 nitrogen and oxygen atoms in total. The first kappa shape index (κ1) is 16.2. The molecular weight excluding hydrogens is 322 g/mol. The Morgan fingerprint density at radius 3 is 2.58 bits per heavy atom. The zero-order chi connectivity index (χ0) is 17.6. The third kappa shape index (κ3) is 4.03. The average Bonchev–Trinajstić information content (AvgIpc) is 3.17. The molecule has 0 saturated carbocycles. The molecule has 1 aromatic heterocycles. The Bertz CT molecular complexity index is 908. The monoisotopic (exact) mass is 343 g/mol. The number of hydrogen-bond donors (Lipinski definition) is 1. The Hall–Kier alpha value is -3.27. The predicted molar refractivity (Wildman–Crippen MR) is 105 cm³/mol. The van der Waals surface area contributed by atoms with Crippen LogP contribution in [0.25, 0.3) is 5.70 Å². The number of nitrogens with one attached hydrogen (secondary N) is 1. The minimum atomic E-state index is 0.570. The molecule has 4 rings (SSSR count). The van der Waals surface area contributed by atoms with E-state index < -0.39 is 0 Å². The van der Waals surface area contributed by atoms with E-state index in [0.29, 0.717) is 6.61 Å². The van der Waals surface area contributed by atoms with Crippen LogP contribution in [0.15, 0.2) is 85.1 Å². The van der Waals surface area contributed by atoms with Gasteiger partial charge in [-0.05, 0) is 48.7 Å². The summed E-state index contributed by atoms with van der Waals surface area (Å²) < 4.78 is 7.72. The maximum Gasteiger partial charge on any atom is 0.152 e. The van der Waals surface area contributed by atoms with E-state index >= 15 is 0 Å². The molecule has 0 radical (unpaired) electrons. The number of ether oxygens (including phenoxy) is 1. The Balaban J connectivity index is 1.36. The zero-order valence-electron chi connectivity index (χ0n) is 14.5. The van der Waals surface area contributed by atoms with Crippen molar-refractivity contribution in [2.24, 2.45) is 0 Å². The fourth-order valence-corrected chi connectivity index (χ4v) is 2.83. The lowest BCUT2D eigenvalue weighted by molar-refractivity contribution is 0.306. The van der Waals surface area contributed by atoms with Gasteiger partial charge in [-0.1, -0.05) is 42.5 Å². The van der Waals surface area contributed by atoms with E-state index in [-0.39, 0.29) is 0 Å². The van der Waals surface area contributed by atoms with E-state index in [4.69, 9.17) is 4.74 Å². The molecule has 1 aliphatic rings. The van der Waals surface area contributed by atoms with Crippen LogP contribution in [-0.4, -0.2) is 9.78 Å². The summed E-state index contributed by atoms with van der Waals surface area (Å²) in [5.74, 6) is 1.67. The van der Waals surface area contributed by atoms with Gasteiger partial charge in [0, 0.05) is 18.0 Å². The van der Waals surface area contributed by atoms with E-state index in [1.54, 1.807) is 0 Å². The molecule has 0 saturated heterocycles. The van der Waals surface area contributed by atoms with Crippen molar-refractivity contribution in [3.8, 4) is 5.75 Å². The number of nitrogens with zero attached hydrogens (tertiary/aromatic N) is 2. The van der Waals surface area contributed by atoms with E-state index in [9.17, 15) is 0 Å². The molecule has 1 N–H and O–H groups in total. The fraction of sp³-hybridized carbons (Fsp3) is 0.136. The summed E-state index contributed by atoms with van der Waals surface area (Å²) in [6.45, 7) is 0.570. The normalized spacial score (nSPS) is 13.3. The summed E-state index contributed by atoms with van der Waals surface area (Å²) in [4.78, 5) is 0. The van der Waals surface area contributed by atoms with Gasteiger partial charge in [0.05, 0.1) is 5.70 Å². The largest absolute Gasteiger partial charge is 0.489 e. The van der Waals surface area contributed by atoms with Gasteiger partial charge in [0.15, 0.2) is 5.82 Å². The first-order chi connectivity index (χ1) is 12.9. The van der Waals surface area contributed by atoms with Gasteiger partial charge in [0.1, 0.15) is 12.4 Å². The van der Waals surface area contributed by atoms with E-state index in [2.05, 4.69) is 40.8 Å². The number of rotatable bonds is 6. The van der Waals surface area contributed by atoms with E-state index in [1.165, 1.54) is 0 Å². The van der Waals surface area contributed by atoms with Gasteiger partial charge in [-0.25, -0.2) is 4.68 Å². The summed E-state index contributed by atoms with van der Waals surface area (Å²) in [7, 11) is 0. The van der Waals surface area contributed by atoms with Crippen molar-refractivity contribution in [2.75, 3.05) is 5.32 Å². The highest BCUT2D eigenvalue weighted by atomic mass is 16.5. The SMILES string of the molecule is C1=CC(n2ccc(Nc3ccc(OCc4ccccc4)cc3)n2)=CCC1. The molecule has 0 spiro atoms. The quantitative estimate of drug-likeness (QED) is 0.651. The lowest BCUT2D eigenvalue weighted by atomic mass is 10.1. The topological polar surface area (TPSA) is 39.1 Å². The van der Waals surface area contributed by atoms with Crippen LogP contribution in [0.1, 0.15) is 18.4 Å². The Morgan fingerprint density at radius 1 is 0.962 bits per heavy atom. The molecule has 130 valence electrons. The average molecular weight is 343 g/mol. The molecule has 0 bridgehead atoms. The summed E-state index contributed by atoms with van der Waals surface area (Å²) >= 11 is 0. The molecule has 4 heteroatoms. The molecule has 0 atom stereocenters. The number of benzene rings is 2. The van der Waals surface area contributed by atoms with Crippen molar-refractivity contribution in [2.45, 2.75) is 19.4 Å². The van der Waals surface area contributed by atoms with Crippen molar-refractivity contribution < 1.29 is 4.74 Å². The van der Waals surface area contributed by atoms with Crippen molar-refractivity contribution in [1.82, 2.24) is 9.78 Å². The van der Waals surface area contributed by atoms with Crippen LogP contribution in [0.4, 0.5) is 11.5 Å². The number of allylic oxidation sites excluding steroid dienone is 4. The van der Waals surface area contributed by atoms with E-state index in [1.807, 2.05) is 59.4 Å². The highest BCUT2D eigenvalue weighted by Gasteiger charge is 2.04. The molecule has 3 aromatic rings. The summed E-state index contributed by atoms with van der Waals surface area (Å²) in [5.41, 5.74) is 3.26. The number of hydrogen-bond acceptors (Lipinski definition) is 3. The first-order valence-electron chi connectivity index (χ1n) is 8.83. The van der Waals surface area contributed by atoms with Gasteiger partial charge in [-0.2, -0.15) is 5.10 Å². The van der Waals surface area contributed by atoms with Crippen molar-refractivity contribution >= 4 is 17.2 Å². The standard InChI is InChI=1S/C22H21N3O/c1-3-7-18(8-4-1)17-26-21-13-11-19(12-14-21)23-22-15-16-25(24-22)20-9-5-2-6-10-20/h1,3-5,7-16H,2,6,17H2,(H,23,24). The Kier molecular flexibility index (Phi) is 4.83. The van der Waals surface area contributed by atoms with E-state index in [0.717, 1.165) is 41.4 Å². The second kappa shape index (κ2) is 7.74. The van der Waals surface area contributed by atoms with Crippen LogP contribution in [0, 0.1) is 0 Å². The van der Waals surface area contributed by atoms with Gasteiger partial charge in [-0.3, -0.25) is 0 Å². The minimum absolute atomic E-state index is 0.570. The second-order valence-corrected chi connectivity index (χ2v) is 6.18. The van der Waals surface area contributed by atoms with Gasteiger partial charge >= 0.3 is 0 Å². The Labute approximate surface area is 153 Å². The van der Waals surface area contributed by atoms with Crippen LogP contribution < -0.4 is 10.1 Å². The number of anilines is 2. The van der Waals surface area contributed by atoms with Crippen LogP contribution >= 0.6 is 0 Å². The second-order valence-electron chi connectivity index (χ2n) is 6.18. The van der Waals surface area contributed by atoms with Gasteiger partial charge in [0.2, 0.25) is 0 Å². The third-order valence-electron chi connectivity index (χ3n) is 4.20. The lowest BCUT2D eigenvalue weighted by Crippen LogP contribution is -1.99. The molecule has 2 aromatic carbocycles. The molecular formula is C22H21N3O. The molecule has 26 heavy (non-hydrogen) atoms. The minimum Gasteiger partial charge on any atom is -0.489 e. The van der Waals surface area contributed by atoms with Gasteiger partial charge in [-0.15, -0.1) is 0 Å². The number of aromatic nitrogens is 2. The molecule has 0 fully saturated rings. The first-order valence-corrected chi connectivity index (χ1v) is 8.83. The van der Waals surface area contributed by atoms with Crippen molar-refractivity contribution in [3.63, 3.8) is 0 Å². The highest BCUT2D eigenvalue weighted by Crippen LogP contribution is 2.21. The molecule has 1 aliphatic carbocycles. The van der Waals surface area contributed by atoms with Crippen LogP contribution in [0.2, 0.25) is 0 Å². The fourth-order valence-electron chi connectivity index (χ4n) is 2.83. The summed E-state index contributed by atoms with van der Waals surface area (Å²) in [5, 5.41) is 7.91. The lowest BCUT2D eigenvalue weighted by Gasteiger charge is -2.08. The third-order valence-corrected chi connectivity index (χ3v) is 4.20. The molecule has 1 heterocycles. The maximum atomic E-state index is 5.82. The predicted octanol–water partition coefficient (Wildman–Crippen LogP) is 5.40. The van der Waals surface area contributed by atoms with Crippen molar-refractivity contribution in [3.05, 3.63) is 90.7 Å². The smallest absolute Gasteiger partial charge is 0.152 e. The molecule has 0 aliphatic heterocycles. The van der Waals surface area contributed by atoms with Crippen LogP contribution in [-0.2, 0) is 6.61 Å². The maximum absolute atomic E-state index is 5.82. The van der Waals surface area contributed by atoms with Crippen LogP contribution in [0.3, 0.4) is 0 Å². The molecule has 0 amide bonds. The van der Waals surface area contributed by atoms with Crippen molar-refractivity contribution in [1.29, 1.82) is 0 Å². The highest BCUT2D eigenvalue weighted by molar-refractivity contribution is 5.61. The van der Waals surface area contributed by atoms with Gasteiger partial charge in [0.25, 0.3) is 0 Å². The zero-order valence-corrected chi connectivity index (χ0v) is 14.5. The van der Waals surface area contributed by atoms with Crippen LogP contribution in [0.5, 0.6) is 5.75 Å². The summed E-state index contributed by atoms with van der Waals surface area (Å²) in [6, 6.07) is 20.1.